The second-order valence-corrected chi connectivity index (χ2v) is 8.89. The van der Waals surface area contributed by atoms with E-state index in [0.717, 1.165) is 22.1 Å². The number of carbonyl (C=O) groups excluding carboxylic acids is 1. The van der Waals surface area contributed by atoms with Gasteiger partial charge in [-0.3, -0.25) is 14.2 Å². The van der Waals surface area contributed by atoms with Crippen LogP contribution in [0.3, 0.4) is 0 Å². The van der Waals surface area contributed by atoms with Crippen LogP contribution in [0.4, 0.5) is 5.69 Å². The molecule has 0 atom stereocenters. The topological polar surface area (TPSA) is 64.4 Å². The van der Waals surface area contributed by atoms with Crippen LogP contribution >= 0.6 is 15.9 Å². The number of benzene rings is 3. The molecule has 3 aromatic carbocycles. The average molecular weight is 516 g/mol. The van der Waals surface area contributed by atoms with Crippen LogP contribution in [0.5, 0.6) is 5.75 Å². The second kappa shape index (κ2) is 8.91. The van der Waals surface area contributed by atoms with Crippen molar-refractivity contribution in [2.75, 3.05) is 18.6 Å². The predicted molar refractivity (Wildman–Crippen MR) is 139 cm³/mol. The lowest BCUT2D eigenvalue weighted by atomic mass is 10.1. The summed E-state index contributed by atoms with van der Waals surface area (Å²) in [6.45, 7) is 2.65. The van der Waals surface area contributed by atoms with E-state index < -0.39 is 0 Å². The molecule has 0 unspecified atom stereocenters. The van der Waals surface area contributed by atoms with Crippen LogP contribution in [0.2, 0.25) is 0 Å². The summed E-state index contributed by atoms with van der Waals surface area (Å²) in [5, 5.41) is 0.490. The first kappa shape index (κ1) is 22.1. The number of rotatable bonds is 5. The molecule has 0 saturated carbocycles. The summed E-state index contributed by atoms with van der Waals surface area (Å²) in [7, 11) is 1.56. The van der Waals surface area contributed by atoms with Gasteiger partial charge in [0.25, 0.3) is 11.5 Å². The fraction of sp³-hybridized carbons (Fsp3) is 0.148. The van der Waals surface area contributed by atoms with Crippen molar-refractivity contribution in [3.8, 4) is 11.4 Å². The van der Waals surface area contributed by atoms with Gasteiger partial charge >= 0.3 is 0 Å². The van der Waals surface area contributed by atoms with E-state index >= 15 is 0 Å². The van der Waals surface area contributed by atoms with Crippen LogP contribution in [0.1, 0.15) is 24.7 Å². The molecule has 1 amide bonds. The van der Waals surface area contributed by atoms with Gasteiger partial charge in [0.05, 0.1) is 35.0 Å². The Morgan fingerprint density at radius 1 is 1.00 bits per heavy atom. The van der Waals surface area contributed by atoms with Crippen molar-refractivity contribution in [2.45, 2.75) is 13.3 Å². The number of amides is 1. The van der Waals surface area contributed by atoms with Gasteiger partial charge in [-0.05, 0) is 55.0 Å². The third-order valence-corrected chi connectivity index (χ3v) is 6.36. The number of fused-ring (bicyclic) bond motifs is 2. The summed E-state index contributed by atoms with van der Waals surface area (Å²) in [5.74, 6) is 0.791. The number of hydrogen-bond acceptors (Lipinski definition) is 4. The van der Waals surface area contributed by atoms with Crippen molar-refractivity contribution in [1.29, 1.82) is 0 Å². The minimum Gasteiger partial charge on any atom is -0.495 e. The van der Waals surface area contributed by atoms with Crippen LogP contribution in [-0.4, -0.2) is 29.1 Å². The molecular formula is C27H22BrN3O3. The maximum atomic E-state index is 13.7. The van der Waals surface area contributed by atoms with E-state index in [9.17, 15) is 9.59 Å². The van der Waals surface area contributed by atoms with Gasteiger partial charge < -0.3 is 9.64 Å². The lowest BCUT2D eigenvalue weighted by Crippen LogP contribution is -2.27. The maximum Gasteiger partial charge on any atom is 0.266 e. The average Bonchev–Trinajstić information content (AvgIpc) is 3.10. The molecule has 1 aliphatic heterocycles. The zero-order chi connectivity index (χ0) is 23.8. The van der Waals surface area contributed by atoms with Crippen molar-refractivity contribution in [3.05, 3.63) is 92.9 Å². The van der Waals surface area contributed by atoms with E-state index in [4.69, 9.17) is 9.72 Å². The largest absolute Gasteiger partial charge is 0.495 e. The normalized spacial score (nSPS) is 14.1. The smallest absolute Gasteiger partial charge is 0.266 e. The quantitative estimate of drug-likeness (QED) is 0.331. The Balaban J connectivity index is 1.82. The molecular weight excluding hydrogens is 494 g/mol. The highest BCUT2D eigenvalue weighted by Gasteiger charge is 2.32. The molecule has 2 heterocycles. The number of anilines is 1. The Kier molecular flexibility index (Phi) is 5.79. The Morgan fingerprint density at radius 3 is 2.56 bits per heavy atom. The van der Waals surface area contributed by atoms with E-state index in [1.165, 1.54) is 4.57 Å². The highest BCUT2D eigenvalue weighted by molar-refractivity contribution is 9.10. The van der Waals surface area contributed by atoms with E-state index in [-0.39, 0.29) is 11.5 Å². The number of hydrogen-bond donors (Lipinski definition) is 0. The minimum absolute atomic E-state index is 0.107. The van der Waals surface area contributed by atoms with Crippen molar-refractivity contribution in [2.24, 2.45) is 0 Å². The molecule has 1 aromatic heterocycles. The number of methoxy groups -OCH3 is 1. The zero-order valence-corrected chi connectivity index (χ0v) is 20.4. The van der Waals surface area contributed by atoms with E-state index in [1.54, 1.807) is 36.3 Å². The molecule has 0 aliphatic carbocycles. The first-order chi connectivity index (χ1) is 16.5. The molecule has 34 heavy (non-hydrogen) atoms. The molecule has 4 aromatic rings. The summed E-state index contributed by atoms with van der Waals surface area (Å²) in [6, 6.07) is 20.3. The van der Waals surface area contributed by atoms with E-state index in [2.05, 4.69) is 15.9 Å². The van der Waals surface area contributed by atoms with Crippen molar-refractivity contribution in [3.63, 3.8) is 0 Å². The van der Waals surface area contributed by atoms with Gasteiger partial charge in [-0.1, -0.05) is 47.1 Å². The zero-order valence-electron chi connectivity index (χ0n) is 18.8. The predicted octanol–water partition coefficient (Wildman–Crippen LogP) is 5.45. The van der Waals surface area contributed by atoms with Crippen molar-refractivity contribution >= 4 is 50.1 Å². The van der Waals surface area contributed by atoms with Crippen molar-refractivity contribution in [1.82, 2.24) is 9.55 Å². The monoisotopic (exact) mass is 515 g/mol. The lowest BCUT2D eigenvalue weighted by Gasteiger charge is -2.16. The number of nitrogens with zero attached hydrogens (tertiary/aromatic N) is 3. The first-order valence-corrected chi connectivity index (χ1v) is 11.8. The number of ether oxygens (including phenoxy) is 1. The molecule has 7 heteroatoms. The molecule has 170 valence electrons. The number of aromatic nitrogens is 2. The molecule has 5 rings (SSSR count). The van der Waals surface area contributed by atoms with Gasteiger partial charge in [0.15, 0.2) is 0 Å². The van der Waals surface area contributed by atoms with Crippen molar-refractivity contribution < 1.29 is 9.53 Å². The highest BCUT2D eigenvalue weighted by atomic mass is 79.9. The SMILES string of the molecule is CCCN1C(=O)/C(=C\c2nc3ccccc3c(=O)n2-c2ccccc2OC)c2cc(Br)ccc21. The standard InChI is InChI=1S/C27H22BrN3O3/c1-3-14-30-22-13-12-17(28)15-19(22)20(26(30)32)16-25-29-21-9-5-4-8-18(21)27(33)31(25)23-10-6-7-11-24(23)34-2/h4-13,15-16H,3,14H2,1-2H3/b20-16-. The Morgan fingerprint density at radius 2 is 1.76 bits per heavy atom. The molecule has 0 saturated heterocycles. The third-order valence-electron chi connectivity index (χ3n) is 5.86. The summed E-state index contributed by atoms with van der Waals surface area (Å²) in [6.07, 6.45) is 2.54. The maximum absolute atomic E-state index is 13.7. The van der Waals surface area contributed by atoms with Crippen LogP contribution in [-0.2, 0) is 4.79 Å². The summed E-state index contributed by atoms with van der Waals surface area (Å²) in [5.41, 5.74) is 3.05. The first-order valence-electron chi connectivity index (χ1n) is 11.0. The van der Waals surface area contributed by atoms with Gasteiger partial charge in [-0.15, -0.1) is 0 Å². The summed E-state index contributed by atoms with van der Waals surface area (Å²) >= 11 is 3.53. The van der Waals surface area contributed by atoms with Gasteiger partial charge in [-0.2, -0.15) is 0 Å². The fourth-order valence-electron chi connectivity index (χ4n) is 4.34. The van der Waals surface area contributed by atoms with Crippen LogP contribution in [0, 0.1) is 0 Å². The molecule has 0 fully saturated rings. The summed E-state index contributed by atoms with van der Waals surface area (Å²) in [4.78, 5) is 33.7. The van der Waals surface area contributed by atoms with Crippen LogP contribution in [0.15, 0.2) is 76.0 Å². The Hall–Kier alpha value is -3.71. The van der Waals surface area contributed by atoms with Gasteiger partial charge in [-0.25, -0.2) is 4.98 Å². The van der Waals surface area contributed by atoms with E-state index in [0.29, 0.717) is 40.3 Å². The molecule has 0 radical (unpaired) electrons. The minimum atomic E-state index is -0.229. The fourth-order valence-corrected chi connectivity index (χ4v) is 4.70. The van der Waals surface area contributed by atoms with Gasteiger partial charge in [0.2, 0.25) is 0 Å². The molecule has 0 bridgehead atoms. The Bertz CT molecular complexity index is 1520. The number of para-hydroxylation sites is 3. The van der Waals surface area contributed by atoms with Crippen LogP contribution in [0.25, 0.3) is 28.2 Å². The number of carbonyl (C=O) groups is 1. The lowest BCUT2D eigenvalue weighted by molar-refractivity contribution is -0.113. The van der Waals surface area contributed by atoms with E-state index in [1.807, 2.05) is 55.5 Å². The second-order valence-electron chi connectivity index (χ2n) is 7.98. The molecule has 0 N–H and O–H groups in total. The van der Waals surface area contributed by atoms with Crippen LogP contribution < -0.4 is 15.2 Å². The highest BCUT2D eigenvalue weighted by Crippen LogP contribution is 2.39. The number of halogens is 1. The molecule has 0 spiro atoms. The van der Waals surface area contributed by atoms with Gasteiger partial charge in [0, 0.05) is 16.6 Å². The summed E-state index contributed by atoms with van der Waals surface area (Å²) < 4.78 is 7.93. The Labute approximate surface area is 205 Å². The third kappa shape index (κ3) is 3.62. The van der Waals surface area contributed by atoms with Gasteiger partial charge in [0.1, 0.15) is 11.6 Å². The molecule has 6 nitrogen and oxygen atoms in total. The molecule has 1 aliphatic rings.